The van der Waals surface area contributed by atoms with Crippen LogP contribution in [0.15, 0.2) is 23.8 Å². The molecule has 106 valence electrons. The average molecular weight is 261 g/mol. The van der Waals surface area contributed by atoms with Gasteiger partial charge in [0.2, 0.25) is 0 Å². The summed E-state index contributed by atoms with van der Waals surface area (Å²) in [6.07, 6.45) is 15.9. The van der Waals surface area contributed by atoms with Gasteiger partial charge >= 0.3 is 0 Å². The van der Waals surface area contributed by atoms with Crippen LogP contribution in [0.25, 0.3) is 0 Å². The van der Waals surface area contributed by atoms with Crippen LogP contribution in [-0.4, -0.2) is 37.7 Å². The van der Waals surface area contributed by atoms with E-state index in [2.05, 4.69) is 23.1 Å². The molecule has 0 N–H and O–H groups in total. The number of hydrogen-bond acceptors (Lipinski definition) is 2. The highest BCUT2D eigenvalue weighted by Gasteiger charge is 2.23. The Morgan fingerprint density at radius 2 is 1.89 bits per heavy atom. The molecular weight excluding hydrogens is 234 g/mol. The minimum atomic E-state index is 0.821. The van der Waals surface area contributed by atoms with Gasteiger partial charge in [0.05, 0.1) is 13.2 Å². The van der Waals surface area contributed by atoms with Crippen LogP contribution in [0, 0.1) is 11.8 Å². The van der Waals surface area contributed by atoms with Gasteiger partial charge in [-0.3, -0.25) is 4.90 Å². The Bertz CT molecular complexity index is 335. The number of morpholine rings is 1. The molecule has 1 unspecified atom stereocenters. The molecule has 3 rings (SSSR count). The summed E-state index contributed by atoms with van der Waals surface area (Å²) in [6, 6.07) is 0. The predicted molar refractivity (Wildman–Crippen MR) is 79.2 cm³/mol. The van der Waals surface area contributed by atoms with Crippen molar-refractivity contribution in [1.29, 1.82) is 0 Å². The second-order valence-corrected chi connectivity index (χ2v) is 6.33. The molecule has 3 aliphatic rings. The zero-order valence-corrected chi connectivity index (χ0v) is 12.0. The highest BCUT2D eigenvalue weighted by atomic mass is 16.5. The molecular formula is C17H27NO. The maximum Gasteiger partial charge on any atom is 0.0594 e. The minimum absolute atomic E-state index is 0.821. The number of allylic oxidation sites excluding steroid dienone is 2. The highest BCUT2D eigenvalue weighted by molar-refractivity contribution is 5.26. The number of nitrogens with zero attached hydrogens (tertiary/aromatic N) is 1. The van der Waals surface area contributed by atoms with E-state index in [1.165, 1.54) is 38.5 Å². The van der Waals surface area contributed by atoms with E-state index in [4.69, 9.17) is 4.74 Å². The van der Waals surface area contributed by atoms with E-state index in [1.54, 1.807) is 5.57 Å². The van der Waals surface area contributed by atoms with Crippen molar-refractivity contribution in [2.24, 2.45) is 11.8 Å². The van der Waals surface area contributed by atoms with Gasteiger partial charge in [-0.05, 0) is 36.7 Å². The molecule has 2 aliphatic carbocycles. The van der Waals surface area contributed by atoms with Gasteiger partial charge in [-0.25, -0.2) is 0 Å². The van der Waals surface area contributed by atoms with Crippen LogP contribution in [0.2, 0.25) is 0 Å². The quantitative estimate of drug-likeness (QED) is 0.772. The van der Waals surface area contributed by atoms with Crippen LogP contribution in [0.4, 0.5) is 0 Å². The van der Waals surface area contributed by atoms with Crippen LogP contribution in [0.1, 0.15) is 38.5 Å². The third-order valence-corrected chi connectivity index (χ3v) is 4.93. The van der Waals surface area contributed by atoms with E-state index in [0.29, 0.717) is 0 Å². The van der Waals surface area contributed by atoms with Crippen molar-refractivity contribution < 1.29 is 4.74 Å². The summed E-state index contributed by atoms with van der Waals surface area (Å²) in [5.74, 6) is 1.78. The van der Waals surface area contributed by atoms with Gasteiger partial charge in [-0.1, -0.05) is 37.5 Å². The summed E-state index contributed by atoms with van der Waals surface area (Å²) in [4.78, 5) is 2.53. The smallest absolute Gasteiger partial charge is 0.0594 e. The van der Waals surface area contributed by atoms with Gasteiger partial charge < -0.3 is 4.74 Å². The Morgan fingerprint density at radius 3 is 2.68 bits per heavy atom. The molecule has 1 saturated carbocycles. The molecule has 1 atom stereocenters. The van der Waals surface area contributed by atoms with Gasteiger partial charge in [-0.2, -0.15) is 0 Å². The Balaban J connectivity index is 1.57. The predicted octanol–water partition coefficient (Wildman–Crippen LogP) is 3.40. The third kappa shape index (κ3) is 3.70. The van der Waals surface area contributed by atoms with Crippen LogP contribution in [0.3, 0.4) is 0 Å². The first-order valence-corrected chi connectivity index (χ1v) is 8.09. The Kier molecular flexibility index (Phi) is 4.73. The normalized spacial score (nSPS) is 30.3. The first-order chi connectivity index (χ1) is 9.42. The lowest BCUT2D eigenvalue weighted by Gasteiger charge is -2.31. The fourth-order valence-corrected chi connectivity index (χ4v) is 3.79. The largest absolute Gasteiger partial charge is 0.379 e. The first-order valence-electron chi connectivity index (χ1n) is 8.09. The van der Waals surface area contributed by atoms with Crippen LogP contribution < -0.4 is 0 Å². The van der Waals surface area contributed by atoms with Gasteiger partial charge in [-0.15, -0.1) is 0 Å². The van der Waals surface area contributed by atoms with Crippen molar-refractivity contribution in [1.82, 2.24) is 4.90 Å². The monoisotopic (exact) mass is 261 g/mol. The lowest BCUT2D eigenvalue weighted by Crippen LogP contribution is -2.37. The molecule has 19 heavy (non-hydrogen) atoms. The van der Waals surface area contributed by atoms with Crippen LogP contribution >= 0.6 is 0 Å². The van der Waals surface area contributed by atoms with Crippen molar-refractivity contribution in [3.63, 3.8) is 0 Å². The lowest BCUT2D eigenvalue weighted by atomic mass is 9.76. The summed E-state index contributed by atoms with van der Waals surface area (Å²) in [6.45, 7) is 5.13. The van der Waals surface area contributed by atoms with Crippen molar-refractivity contribution in [3.8, 4) is 0 Å². The lowest BCUT2D eigenvalue weighted by molar-refractivity contribution is 0.0425. The third-order valence-electron chi connectivity index (χ3n) is 4.93. The molecule has 1 aliphatic heterocycles. The topological polar surface area (TPSA) is 12.5 Å². The molecule has 2 fully saturated rings. The first kappa shape index (κ1) is 13.4. The second-order valence-electron chi connectivity index (χ2n) is 6.33. The summed E-state index contributed by atoms with van der Waals surface area (Å²) >= 11 is 0. The van der Waals surface area contributed by atoms with E-state index in [-0.39, 0.29) is 0 Å². The second kappa shape index (κ2) is 6.71. The number of hydrogen-bond donors (Lipinski definition) is 0. The van der Waals surface area contributed by atoms with Gasteiger partial charge in [0.15, 0.2) is 0 Å². The van der Waals surface area contributed by atoms with E-state index in [1.807, 2.05) is 0 Å². The van der Waals surface area contributed by atoms with E-state index >= 15 is 0 Å². The summed E-state index contributed by atoms with van der Waals surface area (Å²) < 4.78 is 5.43. The maximum atomic E-state index is 5.43. The standard InChI is InChI=1S/C17H27NO/c1-2-6-16(7-3-1)17-8-4-5-15(13-17)14-18-9-11-19-12-10-18/h4-5,13,16-17H,1-3,6-12,14H2. The molecule has 0 aromatic carbocycles. The van der Waals surface area contributed by atoms with E-state index in [0.717, 1.165) is 44.7 Å². The molecule has 0 amide bonds. The zero-order valence-electron chi connectivity index (χ0n) is 12.0. The molecule has 0 aromatic rings. The average Bonchev–Trinajstić information content (AvgIpc) is 2.49. The Labute approximate surface area is 117 Å². The molecule has 0 bridgehead atoms. The highest BCUT2D eigenvalue weighted by Crippen LogP contribution is 2.35. The molecule has 1 saturated heterocycles. The Hall–Kier alpha value is -0.600. The van der Waals surface area contributed by atoms with E-state index < -0.39 is 0 Å². The summed E-state index contributed by atoms with van der Waals surface area (Å²) in [5.41, 5.74) is 1.55. The fourth-order valence-electron chi connectivity index (χ4n) is 3.79. The molecule has 1 heterocycles. The number of rotatable bonds is 3. The van der Waals surface area contributed by atoms with E-state index in [9.17, 15) is 0 Å². The number of ether oxygens (including phenoxy) is 1. The van der Waals surface area contributed by atoms with Crippen molar-refractivity contribution in [2.75, 3.05) is 32.8 Å². The van der Waals surface area contributed by atoms with Crippen molar-refractivity contribution >= 4 is 0 Å². The van der Waals surface area contributed by atoms with Crippen molar-refractivity contribution in [2.45, 2.75) is 38.5 Å². The van der Waals surface area contributed by atoms with Crippen LogP contribution in [0.5, 0.6) is 0 Å². The SMILES string of the molecule is C1=CC(CN2CCOCC2)=CC(C2CCCCC2)C1. The molecule has 0 spiro atoms. The minimum Gasteiger partial charge on any atom is -0.379 e. The fraction of sp³-hybridized carbons (Fsp3) is 0.765. The molecule has 2 nitrogen and oxygen atoms in total. The molecule has 0 radical (unpaired) electrons. The Morgan fingerprint density at radius 1 is 1.11 bits per heavy atom. The molecule has 2 heteroatoms. The maximum absolute atomic E-state index is 5.43. The molecule has 0 aromatic heterocycles. The summed E-state index contributed by atoms with van der Waals surface area (Å²) in [7, 11) is 0. The van der Waals surface area contributed by atoms with Crippen molar-refractivity contribution in [3.05, 3.63) is 23.8 Å². The van der Waals surface area contributed by atoms with Gasteiger partial charge in [0, 0.05) is 19.6 Å². The zero-order chi connectivity index (χ0) is 12.9. The van der Waals surface area contributed by atoms with Gasteiger partial charge in [0.1, 0.15) is 0 Å². The van der Waals surface area contributed by atoms with Crippen LogP contribution in [-0.2, 0) is 4.74 Å². The van der Waals surface area contributed by atoms with Gasteiger partial charge in [0.25, 0.3) is 0 Å². The summed E-state index contributed by atoms with van der Waals surface area (Å²) in [5, 5.41) is 0.